The molecule has 23 heavy (non-hydrogen) atoms. The van der Waals surface area contributed by atoms with Gasteiger partial charge in [-0.2, -0.15) is 0 Å². The molecule has 0 saturated heterocycles. The van der Waals surface area contributed by atoms with Crippen molar-refractivity contribution in [1.29, 1.82) is 0 Å². The summed E-state index contributed by atoms with van der Waals surface area (Å²) in [4.78, 5) is 1.03. The molecule has 0 aromatic heterocycles. The number of aliphatic hydroxyl groups is 1. The first kappa shape index (κ1) is 17.7. The summed E-state index contributed by atoms with van der Waals surface area (Å²) in [5, 5.41) is 13.0. The van der Waals surface area contributed by atoms with Gasteiger partial charge < -0.3 is 15.2 Å². The SMILES string of the molecule is COc1cc(CNCC(O)c2c(F)cccc2F)ccc1SC. The number of aliphatic hydroxyl groups excluding tert-OH is 1. The molecule has 3 nitrogen and oxygen atoms in total. The van der Waals surface area contributed by atoms with Crippen LogP contribution in [0.1, 0.15) is 17.2 Å². The van der Waals surface area contributed by atoms with Crippen molar-refractivity contribution in [3.8, 4) is 5.75 Å². The molecule has 0 spiro atoms. The fourth-order valence-corrected chi connectivity index (χ4v) is 2.82. The lowest BCUT2D eigenvalue weighted by Crippen LogP contribution is -2.22. The normalized spacial score (nSPS) is 12.2. The minimum absolute atomic E-state index is 0.0461. The highest BCUT2D eigenvalue weighted by molar-refractivity contribution is 7.98. The van der Waals surface area contributed by atoms with E-state index in [1.165, 1.54) is 6.07 Å². The van der Waals surface area contributed by atoms with Gasteiger partial charge in [0.05, 0.1) is 18.8 Å². The van der Waals surface area contributed by atoms with Crippen LogP contribution in [0.15, 0.2) is 41.3 Å². The van der Waals surface area contributed by atoms with E-state index in [1.54, 1.807) is 18.9 Å². The molecule has 0 aliphatic heterocycles. The number of rotatable bonds is 7. The number of methoxy groups -OCH3 is 1. The number of hydrogen-bond donors (Lipinski definition) is 2. The predicted molar refractivity (Wildman–Crippen MR) is 87.8 cm³/mol. The van der Waals surface area contributed by atoms with Gasteiger partial charge in [-0.1, -0.05) is 12.1 Å². The molecule has 2 rings (SSSR count). The van der Waals surface area contributed by atoms with Gasteiger partial charge >= 0.3 is 0 Å². The molecule has 2 aromatic carbocycles. The summed E-state index contributed by atoms with van der Waals surface area (Å²) in [5.41, 5.74) is 0.649. The van der Waals surface area contributed by atoms with E-state index in [2.05, 4.69) is 5.32 Å². The standard InChI is InChI=1S/C17H19F2NO2S/c1-22-15-8-11(6-7-16(15)23-2)9-20-10-14(21)17-12(18)4-3-5-13(17)19/h3-8,14,20-21H,9-10H2,1-2H3. The highest BCUT2D eigenvalue weighted by Gasteiger charge is 2.17. The first-order valence-electron chi connectivity index (χ1n) is 7.10. The van der Waals surface area contributed by atoms with Gasteiger partial charge in [-0.3, -0.25) is 0 Å². The largest absolute Gasteiger partial charge is 0.496 e. The van der Waals surface area contributed by atoms with Gasteiger partial charge in [-0.05, 0) is 36.1 Å². The Morgan fingerprint density at radius 1 is 1.22 bits per heavy atom. The molecule has 0 aliphatic carbocycles. The molecule has 1 unspecified atom stereocenters. The molecule has 2 aromatic rings. The second-order valence-corrected chi connectivity index (χ2v) is 5.82. The number of nitrogens with one attached hydrogen (secondary N) is 1. The third-order valence-electron chi connectivity index (χ3n) is 3.45. The molecule has 2 N–H and O–H groups in total. The first-order chi connectivity index (χ1) is 11.1. The Morgan fingerprint density at radius 3 is 2.52 bits per heavy atom. The molecule has 0 amide bonds. The quantitative estimate of drug-likeness (QED) is 0.758. The van der Waals surface area contributed by atoms with Crippen LogP contribution in [0.4, 0.5) is 8.78 Å². The zero-order valence-corrected chi connectivity index (χ0v) is 13.8. The molecular formula is C17H19F2NO2S. The average Bonchev–Trinajstić information content (AvgIpc) is 2.54. The number of benzene rings is 2. The van der Waals surface area contributed by atoms with Crippen molar-refractivity contribution < 1.29 is 18.6 Å². The number of ether oxygens (including phenoxy) is 1. The third-order valence-corrected chi connectivity index (χ3v) is 4.22. The zero-order valence-electron chi connectivity index (χ0n) is 13.0. The van der Waals surface area contributed by atoms with Crippen LogP contribution in [0.3, 0.4) is 0 Å². The van der Waals surface area contributed by atoms with Crippen LogP contribution >= 0.6 is 11.8 Å². The fourth-order valence-electron chi connectivity index (χ4n) is 2.27. The van der Waals surface area contributed by atoms with Gasteiger partial charge in [-0.25, -0.2) is 8.78 Å². The van der Waals surface area contributed by atoms with Crippen LogP contribution in [-0.2, 0) is 6.54 Å². The molecule has 124 valence electrons. The van der Waals surface area contributed by atoms with Crippen LogP contribution in [0.2, 0.25) is 0 Å². The summed E-state index contributed by atoms with van der Waals surface area (Å²) < 4.78 is 32.5. The van der Waals surface area contributed by atoms with Crippen molar-refractivity contribution in [2.24, 2.45) is 0 Å². The van der Waals surface area contributed by atoms with Crippen LogP contribution in [0, 0.1) is 11.6 Å². The maximum absolute atomic E-state index is 13.6. The Balaban J connectivity index is 1.97. The molecule has 0 heterocycles. The van der Waals surface area contributed by atoms with Crippen LogP contribution in [-0.4, -0.2) is 25.0 Å². The predicted octanol–water partition coefficient (Wildman–Crippen LogP) is 3.52. The van der Waals surface area contributed by atoms with Crippen molar-refractivity contribution in [2.45, 2.75) is 17.5 Å². The highest BCUT2D eigenvalue weighted by Crippen LogP contribution is 2.28. The summed E-state index contributed by atoms with van der Waals surface area (Å²) in [6.45, 7) is 0.503. The minimum Gasteiger partial charge on any atom is -0.496 e. The Labute approximate surface area is 138 Å². The smallest absolute Gasteiger partial charge is 0.132 e. The molecular weight excluding hydrogens is 320 g/mol. The Bertz CT molecular complexity index is 647. The van der Waals surface area contributed by atoms with E-state index in [0.29, 0.717) is 6.54 Å². The summed E-state index contributed by atoms with van der Waals surface area (Å²) in [6, 6.07) is 9.33. The summed E-state index contributed by atoms with van der Waals surface area (Å²) >= 11 is 1.59. The molecule has 0 radical (unpaired) electrons. The monoisotopic (exact) mass is 339 g/mol. The van der Waals surface area contributed by atoms with Crippen LogP contribution in [0.5, 0.6) is 5.75 Å². The maximum Gasteiger partial charge on any atom is 0.132 e. The van der Waals surface area contributed by atoms with E-state index in [4.69, 9.17) is 4.74 Å². The van der Waals surface area contributed by atoms with Crippen molar-refractivity contribution in [1.82, 2.24) is 5.32 Å². The molecule has 0 fully saturated rings. The fraction of sp³-hybridized carbons (Fsp3) is 0.294. The van der Waals surface area contributed by atoms with Crippen molar-refractivity contribution >= 4 is 11.8 Å². The molecule has 1 atom stereocenters. The van der Waals surface area contributed by atoms with Gasteiger partial charge in [0, 0.05) is 18.0 Å². The lowest BCUT2D eigenvalue weighted by atomic mass is 10.1. The molecule has 0 bridgehead atoms. The molecule has 0 saturated carbocycles. The second kappa shape index (κ2) is 8.29. The average molecular weight is 339 g/mol. The van der Waals surface area contributed by atoms with Crippen molar-refractivity contribution in [3.63, 3.8) is 0 Å². The van der Waals surface area contributed by atoms with Gasteiger partial charge in [0.25, 0.3) is 0 Å². The zero-order chi connectivity index (χ0) is 16.8. The lowest BCUT2D eigenvalue weighted by Gasteiger charge is -2.14. The Morgan fingerprint density at radius 2 is 1.91 bits per heavy atom. The van der Waals surface area contributed by atoms with E-state index in [1.807, 2.05) is 24.5 Å². The number of hydrogen-bond acceptors (Lipinski definition) is 4. The van der Waals surface area contributed by atoms with Gasteiger partial charge in [0.1, 0.15) is 17.4 Å². The van der Waals surface area contributed by atoms with E-state index in [-0.39, 0.29) is 12.1 Å². The second-order valence-electron chi connectivity index (χ2n) is 4.97. The van der Waals surface area contributed by atoms with Gasteiger partial charge in [0.15, 0.2) is 0 Å². The molecule has 6 heteroatoms. The topological polar surface area (TPSA) is 41.5 Å². The van der Waals surface area contributed by atoms with E-state index < -0.39 is 17.7 Å². The first-order valence-corrected chi connectivity index (χ1v) is 8.33. The maximum atomic E-state index is 13.6. The summed E-state index contributed by atoms with van der Waals surface area (Å²) in [6.07, 6.45) is 0.721. The van der Waals surface area contributed by atoms with E-state index in [0.717, 1.165) is 28.3 Å². The summed E-state index contributed by atoms with van der Waals surface area (Å²) in [7, 11) is 1.61. The van der Waals surface area contributed by atoms with Crippen molar-refractivity contribution in [2.75, 3.05) is 19.9 Å². The van der Waals surface area contributed by atoms with E-state index >= 15 is 0 Å². The highest BCUT2D eigenvalue weighted by atomic mass is 32.2. The minimum atomic E-state index is -1.25. The third kappa shape index (κ3) is 4.43. The number of thioether (sulfide) groups is 1. The molecule has 0 aliphatic rings. The van der Waals surface area contributed by atoms with Crippen LogP contribution in [0.25, 0.3) is 0 Å². The summed E-state index contributed by atoms with van der Waals surface area (Å²) in [5.74, 6) is -0.715. The van der Waals surface area contributed by atoms with E-state index in [9.17, 15) is 13.9 Å². The van der Waals surface area contributed by atoms with Gasteiger partial charge in [0.2, 0.25) is 0 Å². The van der Waals surface area contributed by atoms with Gasteiger partial charge in [-0.15, -0.1) is 11.8 Å². The Kier molecular flexibility index (Phi) is 6.38. The van der Waals surface area contributed by atoms with Crippen molar-refractivity contribution in [3.05, 3.63) is 59.2 Å². The van der Waals surface area contributed by atoms with Crippen LogP contribution < -0.4 is 10.1 Å². The number of halogens is 2. The Hall–Kier alpha value is -1.63. The lowest BCUT2D eigenvalue weighted by molar-refractivity contribution is 0.164.